The maximum atomic E-state index is 11.6. The molecular weight excluding hydrogens is 276 g/mol. The van der Waals surface area contributed by atoms with E-state index < -0.39 is 5.54 Å². The lowest BCUT2D eigenvalue weighted by Crippen LogP contribution is -2.55. The first kappa shape index (κ1) is 16.7. The fraction of sp³-hybridized carbons (Fsp3) is 0.615. The van der Waals surface area contributed by atoms with Crippen LogP contribution in [0.4, 0.5) is 0 Å². The summed E-state index contributed by atoms with van der Waals surface area (Å²) in [4.78, 5) is 29.4. The van der Waals surface area contributed by atoms with Gasteiger partial charge in [-0.25, -0.2) is 4.98 Å². The minimum absolute atomic E-state index is 0.161. The summed E-state index contributed by atoms with van der Waals surface area (Å²) < 4.78 is 0. The molecule has 0 aromatic carbocycles. The van der Waals surface area contributed by atoms with Crippen LogP contribution in [0.15, 0.2) is 22.2 Å². The van der Waals surface area contributed by atoms with Gasteiger partial charge in [-0.15, -0.1) is 0 Å². The van der Waals surface area contributed by atoms with E-state index in [2.05, 4.69) is 15.3 Å². The molecule has 4 N–H and O–H groups in total. The number of rotatable bonds is 8. The molecule has 1 amide bonds. The maximum absolute atomic E-state index is 11.6. The van der Waals surface area contributed by atoms with E-state index in [0.29, 0.717) is 11.6 Å². The van der Waals surface area contributed by atoms with Crippen LogP contribution in [0.1, 0.15) is 33.6 Å². The van der Waals surface area contributed by atoms with Crippen molar-refractivity contribution in [2.75, 3.05) is 5.75 Å². The zero-order valence-corrected chi connectivity index (χ0v) is 12.9. The van der Waals surface area contributed by atoms with Gasteiger partial charge < -0.3 is 16.0 Å². The highest BCUT2D eigenvalue weighted by Gasteiger charge is 2.30. The van der Waals surface area contributed by atoms with E-state index in [4.69, 9.17) is 5.73 Å². The van der Waals surface area contributed by atoms with Crippen LogP contribution in [0.3, 0.4) is 0 Å². The number of hydrogen-bond donors (Lipinski definition) is 3. The van der Waals surface area contributed by atoms with Crippen LogP contribution in [0.5, 0.6) is 0 Å². The summed E-state index contributed by atoms with van der Waals surface area (Å²) >= 11 is 1.46. The molecular formula is C13H22N4O2S. The molecule has 1 aromatic rings. The number of thioether (sulfide) groups is 1. The van der Waals surface area contributed by atoms with Gasteiger partial charge in [-0.1, -0.05) is 11.8 Å². The minimum Gasteiger partial charge on any atom is -0.368 e. The van der Waals surface area contributed by atoms with Gasteiger partial charge in [0.1, 0.15) is 0 Å². The molecule has 7 heteroatoms. The Morgan fingerprint density at radius 3 is 2.85 bits per heavy atom. The van der Waals surface area contributed by atoms with E-state index in [0.717, 1.165) is 12.2 Å². The van der Waals surface area contributed by atoms with Gasteiger partial charge in [-0.05, 0) is 33.6 Å². The minimum atomic E-state index is -0.702. The number of nitrogens with one attached hydrogen (secondary N) is 2. The summed E-state index contributed by atoms with van der Waals surface area (Å²) in [5, 5.41) is 3.80. The Kier molecular flexibility index (Phi) is 6.22. The SMILES string of the molecule is CC(C)NC(C)(CCCSc1nccc(=O)[nH]1)C(N)=O. The van der Waals surface area contributed by atoms with Crippen molar-refractivity contribution >= 4 is 17.7 Å². The van der Waals surface area contributed by atoms with Crippen LogP contribution in [0.2, 0.25) is 0 Å². The number of amides is 1. The lowest BCUT2D eigenvalue weighted by atomic mass is 9.94. The molecule has 0 fully saturated rings. The number of nitrogens with zero attached hydrogens (tertiary/aromatic N) is 1. The van der Waals surface area contributed by atoms with Gasteiger partial charge in [0.25, 0.3) is 5.56 Å². The number of aromatic nitrogens is 2. The van der Waals surface area contributed by atoms with Crippen LogP contribution in [0.25, 0.3) is 0 Å². The third-order valence-corrected chi connectivity index (χ3v) is 3.83. The van der Waals surface area contributed by atoms with Crippen molar-refractivity contribution in [3.8, 4) is 0 Å². The number of carbonyl (C=O) groups excluding carboxylic acids is 1. The highest BCUT2D eigenvalue weighted by atomic mass is 32.2. The molecule has 0 saturated heterocycles. The normalized spacial score (nSPS) is 14.2. The molecule has 1 atom stereocenters. The van der Waals surface area contributed by atoms with Crippen LogP contribution in [0, 0.1) is 0 Å². The van der Waals surface area contributed by atoms with Gasteiger partial charge in [-0.2, -0.15) is 0 Å². The highest BCUT2D eigenvalue weighted by Crippen LogP contribution is 2.18. The number of carbonyl (C=O) groups is 1. The first-order valence-electron chi connectivity index (χ1n) is 6.59. The van der Waals surface area contributed by atoms with Crippen molar-refractivity contribution in [1.29, 1.82) is 0 Å². The molecule has 112 valence electrons. The third kappa shape index (κ3) is 5.34. The molecule has 1 aromatic heterocycles. The molecule has 6 nitrogen and oxygen atoms in total. The van der Waals surface area contributed by atoms with Crippen molar-refractivity contribution in [3.63, 3.8) is 0 Å². The van der Waals surface area contributed by atoms with E-state index in [1.54, 1.807) is 0 Å². The standard InChI is InChI=1S/C13H22N4O2S/c1-9(2)17-13(3,11(14)19)6-4-8-20-12-15-7-5-10(18)16-12/h5,7,9,17H,4,6,8H2,1-3H3,(H2,14,19)(H,15,16,18). The molecule has 0 bridgehead atoms. The average Bonchev–Trinajstić information content (AvgIpc) is 2.34. The molecule has 1 heterocycles. The molecule has 0 aliphatic carbocycles. The van der Waals surface area contributed by atoms with Crippen molar-refractivity contribution in [2.45, 2.75) is 50.4 Å². The summed E-state index contributed by atoms with van der Waals surface area (Å²) in [7, 11) is 0. The topological polar surface area (TPSA) is 101 Å². The Morgan fingerprint density at radius 2 is 2.30 bits per heavy atom. The van der Waals surface area contributed by atoms with Crippen molar-refractivity contribution in [3.05, 3.63) is 22.6 Å². The first-order valence-corrected chi connectivity index (χ1v) is 7.58. The highest BCUT2D eigenvalue weighted by molar-refractivity contribution is 7.99. The lowest BCUT2D eigenvalue weighted by molar-refractivity contribution is -0.124. The first-order chi connectivity index (χ1) is 9.33. The van der Waals surface area contributed by atoms with E-state index >= 15 is 0 Å². The fourth-order valence-corrected chi connectivity index (χ4v) is 2.71. The summed E-state index contributed by atoms with van der Waals surface area (Å²) in [6.07, 6.45) is 2.92. The van der Waals surface area contributed by atoms with Gasteiger partial charge in [0.15, 0.2) is 5.16 Å². The number of H-pyrrole nitrogens is 1. The van der Waals surface area contributed by atoms with Crippen LogP contribution in [-0.2, 0) is 4.79 Å². The van der Waals surface area contributed by atoms with E-state index in [-0.39, 0.29) is 17.5 Å². The zero-order valence-electron chi connectivity index (χ0n) is 12.1. The van der Waals surface area contributed by atoms with E-state index in [1.165, 1.54) is 24.0 Å². The zero-order chi connectivity index (χ0) is 15.2. The predicted octanol–water partition coefficient (Wildman–Crippen LogP) is 0.884. The maximum Gasteiger partial charge on any atom is 0.251 e. The molecule has 0 aliphatic rings. The van der Waals surface area contributed by atoms with Crippen LogP contribution >= 0.6 is 11.8 Å². The molecule has 0 saturated carbocycles. The molecule has 20 heavy (non-hydrogen) atoms. The Balaban J connectivity index is 2.45. The summed E-state index contributed by atoms with van der Waals surface area (Å²) in [5.41, 5.74) is 4.60. The molecule has 0 aliphatic heterocycles. The van der Waals surface area contributed by atoms with Crippen molar-refractivity contribution in [2.24, 2.45) is 5.73 Å². The number of hydrogen-bond acceptors (Lipinski definition) is 5. The summed E-state index contributed by atoms with van der Waals surface area (Å²) in [6, 6.07) is 1.56. The predicted molar refractivity (Wildman–Crippen MR) is 80.7 cm³/mol. The largest absolute Gasteiger partial charge is 0.368 e. The van der Waals surface area contributed by atoms with Gasteiger partial charge in [0.2, 0.25) is 5.91 Å². The second-order valence-electron chi connectivity index (χ2n) is 5.19. The molecule has 1 unspecified atom stereocenters. The number of primary amides is 1. The number of aromatic amines is 1. The fourth-order valence-electron chi connectivity index (χ4n) is 1.92. The van der Waals surface area contributed by atoms with Gasteiger partial charge >= 0.3 is 0 Å². The summed E-state index contributed by atoms with van der Waals surface area (Å²) in [6.45, 7) is 5.78. The molecule has 1 rings (SSSR count). The van der Waals surface area contributed by atoms with Gasteiger partial charge in [0.05, 0.1) is 5.54 Å². The van der Waals surface area contributed by atoms with Crippen LogP contribution in [-0.4, -0.2) is 33.2 Å². The second kappa shape index (κ2) is 7.44. The Bertz CT molecular complexity index is 503. The smallest absolute Gasteiger partial charge is 0.251 e. The Labute approximate surface area is 122 Å². The lowest BCUT2D eigenvalue weighted by Gasteiger charge is -2.29. The average molecular weight is 298 g/mol. The van der Waals surface area contributed by atoms with Gasteiger partial charge in [0, 0.05) is 24.1 Å². The van der Waals surface area contributed by atoms with E-state index in [9.17, 15) is 9.59 Å². The molecule has 0 spiro atoms. The van der Waals surface area contributed by atoms with E-state index in [1.807, 2.05) is 20.8 Å². The molecule has 0 radical (unpaired) electrons. The van der Waals surface area contributed by atoms with Gasteiger partial charge in [-0.3, -0.25) is 9.59 Å². The Hall–Kier alpha value is -1.34. The van der Waals surface area contributed by atoms with Crippen LogP contribution < -0.4 is 16.6 Å². The monoisotopic (exact) mass is 298 g/mol. The Morgan fingerprint density at radius 1 is 1.60 bits per heavy atom. The quantitative estimate of drug-likeness (QED) is 0.376. The van der Waals surface area contributed by atoms with Crippen molar-refractivity contribution < 1.29 is 4.79 Å². The second-order valence-corrected chi connectivity index (χ2v) is 6.27. The summed E-state index contributed by atoms with van der Waals surface area (Å²) in [5.74, 6) is 0.415. The third-order valence-electron chi connectivity index (χ3n) is 2.86. The van der Waals surface area contributed by atoms with Crippen molar-refractivity contribution in [1.82, 2.24) is 15.3 Å². The number of nitrogens with two attached hydrogens (primary N) is 1.